The van der Waals surface area contributed by atoms with E-state index in [0.717, 1.165) is 28.6 Å². The van der Waals surface area contributed by atoms with Crippen molar-refractivity contribution in [3.63, 3.8) is 0 Å². The highest BCUT2D eigenvalue weighted by Crippen LogP contribution is 2.25. The van der Waals surface area contributed by atoms with Crippen LogP contribution in [0.5, 0.6) is 5.75 Å². The van der Waals surface area contributed by atoms with E-state index in [1.807, 2.05) is 55.5 Å². The number of ether oxygens (including phenoxy) is 1. The molecule has 1 N–H and O–H groups in total. The fourth-order valence-corrected chi connectivity index (χ4v) is 2.72. The predicted octanol–water partition coefficient (Wildman–Crippen LogP) is 4.51. The average Bonchev–Trinajstić information content (AvgIpc) is 2.64. The fraction of sp³-hybridized carbons (Fsp3) is 0.238. The molecule has 3 aromatic rings. The highest BCUT2D eigenvalue weighted by atomic mass is 16.5. The number of carbonyl (C=O) groups excluding carboxylic acids is 1. The number of aromatic nitrogens is 1. The summed E-state index contributed by atoms with van der Waals surface area (Å²) in [4.78, 5) is 16.9. The first-order valence-electron chi connectivity index (χ1n) is 8.49. The number of hydrogen-bond acceptors (Lipinski definition) is 3. The van der Waals surface area contributed by atoms with Crippen LogP contribution in [0.25, 0.3) is 10.9 Å². The van der Waals surface area contributed by atoms with E-state index in [-0.39, 0.29) is 5.91 Å². The van der Waals surface area contributed by atoms with Crippen LogP contribution in [0.15, 0.2) is 54.7 Å². The molecule has 0 aliphatic carbocycles. The molecule has 25 heavy (non-hydrogen) atoms. The van der Waals surface area contributed by atoms with Gasteiger partial charge in [-0.3, -0.25) is 9.78 Å². The van der Waals surface area contributed by atoms with E-state index in [1.165, 1.54) is 5.56 Å². The van der Waals surface area contributed by atoms with Gasteiger partial charge in [-0.05, 0) is 61.7 Å². The SMILES string of the molecule is CCc1ccc(O[C@H](C)C(=O)Nc2ccc(C)c3ncccc23)cc1. The Balaban J connectivity index is 1.74. The summed E-state index contributed by atoms with van der Waals surface area (Å²) in [5.41, 5.74) is 3.96. The van der Waals surface area contributed by atoms with Crippen LogP contribution in [0.1, 0.15) is 25.0 Å². The van der Waals surface area contributed by atoms with Gasteiger partial charge >= 0.3 is 0 Å². The van der Waals surface area contributed by atoms with Gasteiger partial charge in [-0.15, -0.1) is 0 Å². The summed E-state index contributed by atoms with van der Waals surface area (Å²) >= 11 is 0. The number of rotatable bonds is 5. The van der Waals surface area contributed by atoms with Crippen molar-refractivity contribution in [2.24, 2.45) is 0 Å². The maximum atomic E-state index is 12.5. The van der Waals surface area contributed by atoms with Gasteiger partial charge in [0.25, 0.3) is 5.91 Å². The van der Waals surface area contributed by atoms with E-state index >= 15 is 0 Å². The van der Waals surface area contributed by atoms with Crippen LogP contribution in [-0.2, 0) is 11.2 Å². The van der Waals surface area contributed by atoms with Crippen LogP contribution < -0.4 is 10.1 Å². The molecular weight excluding hydrogens is 312 g/mol. The normalized spacial score (nSPS) is 12.0. The van der Waals surface area contributed by atoms with Crippen molar-refractivity contribution < 1.29 is 9.53 Å². The molecule has 0 saturated carbocycles. The third-order valence-corrected chi connectivity index (χ3v) is 4.24. The third kappa shape index (κ3) is 3.79. The molecule has 0 aliphatic rings. The summed E-state index contributed by atoms with van der Waals surface area (Å²) < 4.78 is 5.76. The highest BCUT2D eigenvalue weighted by Gasteiger charge is 2.16. The zero-order valence-corrected chi connectivity index (χ0v) is 14.7. The molecule has 1 aromatic heterocycles. The van der Waals surface area contributed by atoms with Gasteiger partial charge in [0.05, 0.1) is 11.2 Å². The van der Waals surface area contributed by atoms with Gasteiger partial charge in [0.2, 0.25) is 0 Å². The molecule has 0 aliphatic heterocycles. The summed E-state index contributed by atoms with van der Waals surface area (Å²) in [6.45, 7) is 5.86. The number of pyridine rings is 1. The van der Waals surface area contributed by atoms with Gasteiger partial charge in [0, 0.05) is 11.6 Å². The van der Waals surface area contributed by atoms with Crippen molar-refractivity contribution in [1.29, 1.82) is 0 Å². The van der Waals surface area contributed by atoms with Crippen molar-refractivity contribution in [2.45, 2.75) is 33.3 Å². The first-order valence-corrected chi connectivity index (χ1v) is 8.49. The van der Waals surface area contributed by atoms with Crippen LogP contribution in [0.4, 0.5) is 5.69 Å². The summed E-state index contributed by atoms with van der Waals surface area (Å²) in [7, 11) is 0. The smallest absolute Gasteiger partial charge is 0.265 e. The second-order valence-electron chi connectivity index (χ2n) is 6.08. The molecule has 0 unspecified atom stereocenters. The Kier molecular flexibility index (Phi) is 4.98. The summed E-state index contributed by atoms with van der Waals surface area (Å²) in [5.74, 6) is 0.504. The molecule has 128 valence electrons. The lowest BCUT2D eigenvalue weighted by molar-refractivity contribution is -0.122. The second-order valence-corrected chi connectivity index (χ2v) is 6.08. The Bertz CT molecular complexity index is 888. The molecule has 0 spiro atoms. The van der Waals surface area contributed by atoms with Crippen LogP contribution >= 0.6 is 0 Å². The van der Waals surface area contributed by atoms with Crippen molar-refractivity contribution in [2.75, 3.05) is 5.32 Å². The van der Waals surface area contributed by atoms with Gasteiger partial charge in [0.15, 0.2) is 6.10 Å². The molecule has 0 radical (unpaired) electrons. The summed E-state index contributed by atoms with van der Waals surface area (Å²) in [6.07, 6.45) is 2.14. The molecule has 1 heterocycles. The molecule has 4 heteroatoms. The van der Waals surface area contributed by atoms with Crippen molar-refractivity contribution in [3.05, 3.63) is 65.9 Å². The quantitative estimate of drug-likeness (QED) is 0.747. The van der Waals surface area contributed by atoms with Gasteiger partial charge in [0.1, 0.15) is 5.75 Å². The van der Waals surface area contributed by atoms with E-state index in [1.54, 1.807) is 13.1 Å². The van der Waals surface area contributed by atoms with Gasteiger partial charge < -0.3 is 10.1 Å². The minimum atomic E-state index is -0.597. The minimum absolute atomic E-state index is 0.187. The van der Waals surface area contributed by atoms with Crippen molar-refractivity contribution in [1.82, 2.24) is 4.98 Å². The lowest BCUT2D eigenvalue weighted by Gasteiger charge is -2.16. The fourth-order valence-electron chi connectivity index (χ4n) is 2.72. The van der Waals surface area contributed by atoms with Crippen LogP contribution in [0.3, 0.4) is 0 Å². The molecule has 4 nitrogen and oxygen atoms in total. The number of anilines is 1. The van der Waals surface area contributed by atoms with E-state index in [2.05, 4.69) is 17.2 Å². The number of carbonyl (C=O) groups is 1. The number of fused-ring (bicyclic) bond motifs is 1. The van der Waals surface area contributed by atoms with E-state index in [4.69, 9.17) is 4.74 Å². The molecule has 0 saturated heterocycles. The lowest BCUT2D eigenvalue weighted by Crippen LogP contribution is -2.30. The van der Waals surface area contributed by atoms with E-state index in [0.29, 0.717) is 5.75 Å². The molecule has 3 rings (SSSR count). The van der Waals surface area contributed by atoms with Crippen LogP contribution in [-0.4, -0.2) is 17.0 Å². The standard InChI is InChI=1S/C21H22N2O2/c1-4-16-8-10-17(11-9-16)25-15(3)21(24)23-19-12-7-14(2)20-18(19)6-5-13-22-20/h5-13,15H,4H2,1-3H3,(H,23,24)/t15-/m1/s1. The second kappa shape index (κ2) is 7.34. The molecule has 0 fully saturated rings. The van der Waals surface area contributed by atoms with E-state index in [9.17, 15) is 4.79 Å². The summed E-state index contributed by atoms with van der Waals surface area (Å²) in [5, 5.41) is 3.88. The molecule has 0 bridgehead atoms. The molecular formula is C21H22N2O2. The Hall–Kier alpha value is -2.88. The van der Waals surface area contributed by atoms with Crippen molar-refractivity contribution >= 4 is 22.5 Å². The van der Waals surface area contributed by atoms with E-state index < -0.39 is 6.10 Å². The van der Waals surface area contributed by atoms with Gasteiger partial charge in [-0.25, -0.2) is 0 Å². The van der Waals surface area contributed by atoms with Crippen molar-refractivity contribution in [3.8, 4) is 5.75 Å². The number of hydrogen-bond donors (Lipinski definition) is 1. The number of nitrogens with zero attached hydrogens (tertiary/aromatic N) is 1. The third-order valence-electron chi connectivity index (χ3n) is 4.24. The predicted molar refractivity (Wildman–Crippen MR) is 101 cm³/mol. The maximum absolute atomic E-state index is 12.5. The minimum Gasteiger partial charge on any atom is -0.481 e. The lowest BCUT2D eigenvalue weighted by atomic mass is 10.1. The first-order chi connectivity index (χ1) is 12.1. The number of nitrogens with one attached hydrogen (secondary N) is 1. The van der Waals surface area contributed by atoms with Gasteiger partial charge in [-0.2, -0.15) is 0 Å². The molecule has 1 amide bonds. The number of benzene rings is 2. The Morgan fingerprint density at radius 2 is 1.92 bits per heavy atom. The van der Waals surface area contributed by atoms with Crippen LogP contribution in [0, 0.1) is 6.92 Å². The highest BCUT2D eigenvalue weighted by molar-refractivity contribution is 6.03. The Morgan fingerprint density at radius 3 is 2.64 bits per heavy atom. The maximum Gasteiger partial charge on any atom is 0.265 e. The Morgan fingerprint density at radius 1 is 1.16 bits per heavy atom. The zero-order chi connectivity index (χ0) is 17.8. The first kappa shape index (κ1) is 17.0. The van der Waals surface area contributed by atoms with Gasteiger partial charge in [-0.1, -0.05) is 25.1 Å². The largest absolute Gasteiger partial charge is 0.481 e. The average molecular weight is 334 g/mol. The monoisotopic (exact) mass is 334 g/mol. The summed E-state index contributed by atoms with van der Waals surface area (Å²) in [6, 6.07) is 15.5. The number of amides is 1. The number of aryl methyl sites for hydroxylation is 2. The molecule has 1 atom stereocenters. The zero-order valence-electron chi connectivity index (χ0n) is 14.7. The Labute approximate surface area is 147 Å². The topological polar surface area (TPSA) is 51.2 Å². The van der Waals surface area contributed by atoms with Crippen LogP contribution in [0.2, 0.25) is 0 Å². The molecule has 2 aromatic carbocycles.